The van der Waals surface area contributed by atoms with E-state index in [2.05, 4.69) is 15.3 Å². The molecule has 82 valence electrons. The van der Waals surface area contributed by atoms with Gasteiger partial charge in [0.15, 0.2) is 9.84 Å². The van der Waals surface area contributed by atoms with Crippen LogP contribution in [0.15, 0.2) is 18.6 Å². The van der Waals surface area contributed by atoms with E-state index in [9.17, 15) is 8.42 Å². The van der Waals surface area contributed by atoms with Crippen molar-refractivity contribution < 1.29 is 8.42 Å². The van der Waals surface area contributed by atoms with Gasteiger partial charge >= 0.3 is 0 Å². The molecule has 0 aliphatic carbocycles. The van der Waals surface area contributed by atoms with Gasteiger partial charge in [0.1, 0.15) is 12.1 Å². The highest BCUT2D eigenvalue weighted by atomic mass is 32.2. The van der Waals surface area contributed by atoms with Crippen LogP contribution < -0.4 is 5.32 Å². The highest BCUT2D eigenvalue weighted by Gasteiger charge is 2.30. The lowest BCUT2D eigenvalue weighted by molar-refractivity contribution is 0.591. The number of sulfone groups is 1. The molecule has 6 heteroatoms. The fourth-order valence-electron chi connectivity index (χ4n) is 1.70. The Bertz CT molecular complexity index is 418. The van der Waals surface area contributed by atoms with Crippen LogP contribution in [0.4, 0.5) is 5.82 Å². The van der Waals surface area contributed by atoms with Crippen LogP contribution in [0.1, 0.15) is 12.8 Å². The van der Waals surface area contributed by atoms with Gasteiger partial charge in [0, 0.05) is 12.7 Å². The van der Waals surface area contributed by atoms with Gasteiger partial charge in [0.05, 0.1) is 11.0 Å². The molecule has 1 saturated heterocycles. The molecule has 1 aromatic rings. The first-order chi connectivity index (χ1) is 7.18. The average Bonchev–Trinajstić information content (AvgIpc) is 2.56. The molecule has 5 nitrogen and oxygen atoms in total. The topological polar surface area (TPSA) is 72.0 Å². The van der Waals surface area contributed by atoms with Crippen molar-refractivity contribution in [2.24, 2.45) is 0 Å². The summed E-state index contributed by atoms with van der Waals surface area (Å²) in [6.07, 6.45) is 4.59. The monoisotopic (exact) mass is 227 g/mol. The molecule has 2 heterocycles. The minimum atomic E-state index is -2.86. The van der Waals surface area contributed by atoms with Crippen molar-refractivity contribution in [2.75, 3.05) is 17.6 Å². The molecule has 1 N–H and O–H groups in total. The van der Waals surface area contributed by atoms with Crippen LogP contribution in [0.3, 0.4) is 0 Å². The minimum Gasteiger partial charge on any atom is -0.369 e. The lowest BCUT2D eigenvalue weighted by atomic mass is 10.2. The van der Waals surface area contributed by atoms with E-state index >= 15 is 0 Å². The van der Waals surface area contributed by atoms with Crippen LogP contribution in [0, 0.1) is 0 Å². The first kappa shape index (κ1) is 10.4. The van der Waals surface area contributed by atoms with Gasteiger partial charge in [-0.15, -0.1) is 0 Å². The van der Waals surface area contributed by atoms with E-state index in [4.69, 9.17) is 0 Å². The highest BCUT2D eigenvalue weighted by Crippen LogP contribution is 2.19. The number of aromatic nitrogens is 2. The molecule has 1 aromatic heterocycles. The van der Waals surface area contributed by atoms with Crippen LogP contribution in [0.25, 0.3) is 0 Å². The van der Waals surface area contributed by atoms with Crippen LogP contribution >= 0.6 is 0 Å². The van der Waals surface area contributed by atoms with Crippen molar-refractivity contribution in [3.05, 3.63) is 18.6 Å². The van der Waals surface area contributed by atoms with E-state index in [1.807, 2.05) is 0 Å². The molecule has 0 amide bonds. The number of hydrogen-bond donors (Lipinski definition) is 1. The van der Waals surface area contributed by atoms with E-state index in [0.29, 0.717) is 18.1 Å². The van der Waals surface area contributed by atoms with E-state index in [-0.39, 0.29) is 5.25 Å². The van der Waals surface area contributed by atoms with Gasteiger partial charge < -0.3 is 5.32 Å². The largest absolute Gasteiger partial charge is 0.369 e. The van der Waals surface area contributed by atoms with Crippen LogP contribution in [-0.4, -0.2) is 35.9 Å². The number of rotatable bonds is 3. The molecule has 0 radical (unpaired) electrons. The maximum Gasteiger partial charge on any atom is 0.154 e. The smallest absolute Gasteiger partial charge is 0.154 e. The normalized spacial score (nSPS) is 23.9. The predicted molar refractivity (Wildman–Crippen MR) is 57.3 cm³/mol. The Morgan fingerprint density at radius 3 is 3.00 bits per heavy atom. The first-order valence-electron chi connectivity index (χ1n) is 4.90. The Balaban J connectivity index is 1.94. The third-order valence-electron chi connectivity index (χ3n) is 2.56. The Kier molecular flexibility index (Phi) is 2.86. The van der Waals surface area contributed by atoms with Gasteiger partial charge in [-0.3, -0.25) is 0 Å². The van der Waals surface area contributed by atoms with Gasteiger partial charge in [0.2, 0.25) is 0 Å². The molecule has 15 heavy (non-hydrogen) atoms. The molecule has 1 aliphatic heterocycles. The molecule has 1 atom stereocenters. The summed E-state index contributed by atoms with van der Waals surface area (Å²) < 4.78 is 23.0. The standard InChI is InChI=1S/C9H13N3O2S/c13-15(14)5-1-2-8(15)6-11-9-3-4-10-7-12-9/h3-4,7-8H,1-2,5-6H2,(H,10,11,12). The quantitative estimate of drug-likeness (QED) is 0.812. The van der Waals surface area contributed by atoms with E-state index in [1.54, 1.807) is 12.3 Å². The van der Waals surface area contributed by atoms with E-state index in [0.717, 1.165) is 12.8 Å². The summed E-state index contributed by atoms with van der Waals surface area (Å²) in [6.45, 7) is 0.444. The predicted octanol–water partition coefficient (Wildman–Crippen LogP) is 0.466. The summed E-state index contributed by atoms with van der Waals surface area (Å²) in [5.74, 6) is 0.996. The van der Waals surface area contributed by atoms with Crippen molar-refractivity contribution in [3.8, 4) is 0 Å². The second-order valence-corrected chi connectivity index (χ2v) is 6.01. The third-order valence-corrected chi connectivity index (χ3v) is 4.83. The zero-order valence-electron chi connectivity index (χ0n) is 8.26. The Morgan fingerprint density at radius 1 is 1.53 bits per heavy atom. The maximum absolute atomic E-state index is 11.5. The highest BCUT2D eigenvalue weighted by molar-refractivity contribution is 7.92. The SMILES string of the molecule is O=S1(=O)CCCC1CNc1ccncn1. The summed E-state index contributed by atoms with van der Waals surface area (Å²) in [4.78, 5) is 7.75. The first-order valence-corrected chi connectivity index (χ1v) is 6.61. The molecule has 0 aromatic carbocycles. The van der Waals surface area contributed by atoms with Crippen LogP contribution in [0.2, 0.25) is 0 Å². The number of nitrogens with zero attached hydrogens (tertiary/aromatic N) is 2. The third kappa shape index (κ3) is 2.44. The van der Waals surface area contributed by atoms with Gasteiger partial charge in [-0.2, -0.15) is 0 Å². The lowest BCUT2D eigenvalue weighted by Gasteiger charge is -2.10. The molecule has 1 unspecified atom stereocenters. The Morgan fingerprint density at radius 2 is 2.40 bits per heavy atom. The molecule has 0 saturated carbocycles. The second-order valence-electron chi connectivity index (χ2n) is 3.61. The zero-order chi connectivity index (χ0) is 10.7. The van der Waals surface area contributed by atoms with Gasteiger partial charge in [0.25, 0.3) is 0 Å². The minimum absolute atomic E-state index is 0.257. The number of anilines is 1. The van der Waals surface area contributed by atoms with Gasteiger partial charge in [-0.25, -0.2) is 18.4 Å². The van der Waals surface area contributed by atoms with Crippen molar-refractivity contribution in [3.63, 3.8) is 0 Å². The summed E-state index contributed by atoms with van der Waals surface area (Å²) in [5, 5.41) is 2.75. The molecular weight excluding hydrogens is 214 g/mol. The van der Waals surface area contributed by atoms with Crippen molar-refractivity contribution in [1.82, 2.24) is 9.97 Å². The van der Waals surface area contributed by atoms with E-state index in [1.165, 1.54) is 6.33 Å². The fourth-order valence-corrected chi connectivity index (χ4v) is 3.47. The molecule has 0 spiro atoms. The summed E-state index contributed by atoms with van der Waals surface area (Å²) in [5.41, 5.74) is 0. The molecule has 0 bridgehead atoms. The maximum atomic E-state index is 11.5. The van der Waals surface area contributed by atoms with Gasteiger partial charge in [-0.05, 0) is 18.9 Å². The van der Waals surface area contributed by atoms with Crippen LogP contribution in [0.5, 0.6) is 0 Å². The van der Waals surface area contributed by atoms with Crippen LogP contribution in [-0.2, 0) is 9.84 Å². The lowest BCUT2D eigenvalue weighted by Crippen LogP contribution is -2.25. The average molecular weight is 227 g/mol. The van der Waals surface area contributed by atoms with Crippen molar-refractivity contribution in [1.29, 1.82) is 0 Å². The van der Waals surface area contributed by atoms with Crippen molar-refractivity contribution >= 4 is 15.7 Å². The van der Waals surface area contributed by atoms with Gasteiger partial charge in [-0.1, -0.05) is 0 Å². The number of hydrogen-bond acceptors (Lipinski definition) is 5. The Hall–Kier alpha value is -1.17. The zero-order valence-corrected chi connectivity index (χ0v) is 9.07. The summed E-state index contributed by atoms with van der Waals surface area (Å²) in [6, 6.07) is 1.72. The molecular formula is C9H13N3O2S. The fraction of sp³-hybridized carbons (Fsp3) is 0.556. The second kappa shape index (κ2) is 4.14. The summed E-state index contributed by atoms with van der Waals surface area (Å²) >= 11 is 0. The molecule has 1 fully saturated rings. The summed E-state index contributed by atoms with van der Waals surface area (Å²) in [7, 11) is -2.86. The molecule has 2 rings (SSSR count). The molecule has 1 aliphatic rings. The Labute approximate surface area is 88.9 Å². The van der Waals surface area contributed by atoms with Crippen molar-refractivity contribution in [2.45, 2.75) is 18.1 Å². The number of nitrogens with one attached hydrogen (secondary N) is 1. The van der Waals surface area contributed by atoms with E-state index < -0.39 is 9.84 Å².